The fourth-order valence-electron chi connectivity index (χ4n) is 2.96. The highest BCUT2D eigenvalue weighted by molar-refractivity contribution is 7.91. The Balaban J connectivity index is 1.69. The van der Waals surface area contributed by atoms with Crippen LogP contribution in [0.2, 0.25) is 10.0 Å². The molecule has 1 aliphatic rings. The van der Waals surface area contributed by atoms with Crippen molar-refractivity contribution in [3.05, 3.63) is 44.1 Å². The van der Waals surface area contributed by atoms with E-state index in [-0.39, 0.29) is 39.6 Å². The van der Waals surface area contributed by atoms with Crippen LogP contribution in [-0.2, 0) is 14.6 Å². The van der Waals surface area contributed by atoms with E-state index in [4.69, 9.17) is 32.7 Å². The van der Waals surface area contributed by atoms with Crippen LogP contribution in [0.15, 0.2) is 28.5 Å². The number of rotatable bonds is 6. The molecule has 1 amide bonds. The highest BCUT2D eigenvalue weighted by Crippen LogP contribution is 2.33. The summed E-state index contributed by atoms with van der Waals surface area (Å²) in [5.41, 5.74) is 0.366. The maximum Gasteiger partial charge on any atom is 0.265 e. The Kier molecular flexibility index (Phi) is 7.09. The minimum atomic E-state index is -3.52. The number of ketones is 1. The Bertz CT molecular complexity index is 1080. The Morgan fingerprint density at radius 2 is 2.07 bits per heavy atom. The van der Waals surface area contributed by atoms with E-state index in [1.807, 2.05) is 0 Å². The van der Waals surface area contributed by atoms with Gasteiger partial charge in [0.2, 0.25) is 0 Å². The van der Waals surface area contributed by atoms with Gasteiger partial charge in [0.25, 0.3) is 5.91 Å². The molecule has 2 heterocycles. The van der Waals surface area contributed by atoms with Crippen LogP contribution in [0.3, 0.4) is 0 Å². The first-order chi connectivity index (χ1) is 14.1. The van der Waals surface area contributed by atoms with Crippen molar-refractivity contribution in [2.24, 2.45) is 0 Å². The summed E-state index contributed by atoms with van der Waals surface area (Å²) in [5, 5.41) is 1.74. The molecular formula is C19H19Cl2NO6S2. The van der Waals surface area contributed by atoms with E-state index in [1.54, 1.807) is 17.0 Å². The molecule has 3 rings (SSSR count). The van der Waals surface area contributed by atoms with Crippen molar-refractivity contribution >= 4 is 56.1 Å². The van der Waals surface area contributed by atoms with Crippen LogP contribution in [-0.4, -0.2) is 63.7 Å². The van der Waals surface area contributed by atoms with E-state index in [1.165, 1.54) is 18.4 Å². The zero-order valence-electron chi connectivity index (χ0n) is 16.2. The van der Waals surface area contributed by atoms with Gasteiger partial charge in [0, 0.05) is 23.2 Å². The van der Waals surface area contributed by atoms with Gasteiger partial charge in [-0.25, -0.2) is 8.42 Å². The molecule has 1 unspecified atom stereocenters. The van der Waals surface area contributed by atoms with Gasteiger partial charge in [0.15, 0.2) is 15.6 Å². The van der Waals surface area contributed by atoms with Crippen LogP contribution in [0.1, 0.15) is 27.0 Å². The predicted octanol–water partition coefficient (Wildman–Crippen LogP) is 3.58. The third-order valence-corrected chi connectivity index (χ3v) is 7.55. The highest BCUT2D eigenvalue weighted by atomic mass is 35.5. The monoisotopic (exact) mass is 491 g/mol. The summed E-state index contributed by atoms with van der Waals surface area (Å²) in [6.07, 6.45) is 0.620. The average Bonchev–Trinajstić information content (AvgIpc) is 3.08. The number of hydrogen-bond acceptors (Lipinski definition) is 7. The molecule has 1 aromatic heterocycles. The van der Waals surface area contributed by atoms with Crippen molar-refractivity contribution in [2.45, 2.75) is 17.9 Å². The number of ether oxygens (including phenoxy) is 2. The molecule has 1 aliphatic heterocycles. The molecule has 0 N–H and O–H groups in total. The van der Waals surface area contributed by atoms with E-state index in [0.29, 0.717) is 29.5 Å². The molecule has 0 bridgehead atoms. The van der Waals surface area contributed by atoms with E-state index < -0.39 is 15.9 Å². The lowest BCUT2D eigenvalue weighted by Gasteiger charge is -2.32. The highest BCUT2D eigenvalue weighted by Gasteiger charge is 2.30. The van der Waals surface area contributed by atoms with Gasteiger partial charge < -0.3 is 14.4 Å². The van der Waals surface area contributed by atoms with Crippen LogP contribution in [0, 0.1) is 0 Å². The summed E-state index contributed by atoms with van der Waals surface area (Å²) in [5.74, 6) is -0.148. The van der Waals surface area contributed by atoms with Crippen LogP contribution >= 0.6 is 34.5 Å². The number of thiophene rings is 1. The zero-order chi connectivity index (χ0) is 22.1. The number of carbonyl (C=O) groups excluding carboxylic acids is 2. The Labute approximate surface area is 188 Å². The molecule has 1 fully saturated rings. The fourth-order valence-corrected chi connectivity index (χ4v) is 6.00. The Morgan fingerprint density at radius 1 is 1.33 bits per heavy atom. The molecule has 0 aliphatic carbocycles. The second-order valence-electron chi connectivity index (χ2n) is 6.77. The summed E-state index contributed by atoms with van der Waals surface area (Å²) in [4.78, 5) is 26.3. The summed E-state index contributed by atoms with van der Waals surface area (Å²) >= 11 is 13.1. The summed E-state index contributed by atoms with van der Waals surface area (Å²) < 4.78 is 35.0. The molecule has 7 nitrogen and oxygen atoms in total. The van der Waals surface area contributed by atoms with Crippen molar-refractivity contribution in [3.8, 4) is 5.75 Å². The number of amides is 1. The predicted molar refractivity (Wildman–Crippen MR) is 115 cm³/mol. The van der Waals surface area contributed by atoms with Gasteiger partial charge in [0.05, 0.1) is 28.6 Å². The van der Waals surface area contributed by atoms with E-state index in [9.17, 15) is 18.0 Å². The number of benzene rings is 1. The summed E-state index contributed by atoms with van der Waals surface area (Å²) in [7, 11) is -3.52. The maximum absolute atomic E-state index is 12.9. The lowest BCUT2D eigenvalue weighted by molar-refractivity contribution is -0.0400. The second kappa shape index (κ2) is 9.23. The minimum absolute atomic E-state index is 0.0508. The molecule has 1 atom stereocenters. The number of halogens is 2. The summed E-state index contributed by atoms with van der Waals surface area (Å²) in [6, 6.07) is 4.77. The standard InChI is InChI=1S/C19H19Cl2NO6S2/c1-11(23)14-7-12(20)3-4-15(14)28-9-13-8-22(5-6-27-13)19(24)18-17(21)16(10-29-18)30(2,25)26/h3-4,7,10,13H,5-6,8-9H2,1-2H3. The number of hydrogen-bond donors (Lipinski definition) is 0. The lowest BCUT2D eigenvalue weighted by Crippen LogP contribution is -2.47. The smallest absolute Gasteiger partial charge is 0.265 e. The first-order valence-electron chi connectivity index (χ1n) is 8.89. The van der Waals surface area contributed by atoms with Crippen molar-refractivity contribution in [1.82, 2.24) is 4.90 Å². The van der Waals surface area contributed by atoms with Crippen LogP contribution in [0.5, 0.6) is 5.75 Å². The van der Waals surface area contributed by atoms with Gasteiger partial charge in [-0.2, -0.15) is 0 Å². The van der Waals surface area contributed by atoms with E-state index in [2.05, 4.69) is 0 Å². The van der Waals surface area contributed by atoms with Gasteiger partial charge >= 0.3 is 0 Å². The molecule has 2 aromatic rings. The molecule has 0 spiro atoms. The molecule has 30 heavy (non-hydrogen) atoms. The van der Waals surface area contributed by atoms with Crippen LogP contribution in [0.25, 0.3) is 0 Å². The average molecular weight is 492 g/mol. The topological polar surface area (TPSA) is 90.0 Å². The van der Waals surface area contributed by atoms with Gasteiger partial charge in [0.1, 0.15) is 23.3 Å². The third kappa shape index (κ3) is 5.15. The first-order valence-corrected chi connectivity index (χ1v) is 12.4. The largest absolute Gasteiger partial charge is 0.490 e. The molecular weight excluding hydrogens is 473 g/mol. The number of carbonyl (C=O) groups is 2. The number of Topliss-reactive ketones (excluding diaryl/α,β-unsaturated/α-hetero) is 1. The van der Waals surface area contributed by atoms with Crippen LogP contribution in [0.4, 0.5) is 0 Å². The number of morpholine rings is 1. The SMILES string of the molecule is CC(=O)c1cc(Cl)ccc1OCC1CN(C(=O)c2scc(S(C)(=O)=O)c2Cl)CCO1. The van der Waals surface area contributed by atoms with Gasteiger partial charge in [-0.1, -0.05) is 23.2 Å². The Hall–Kier alpha value is -1.65. The fraction of sp³-hybridized carbons (Fsp3) is 0.368. The van der Waals surface area contributed by atoms with Gasteiger partial charge in [-0.05, 0) is 25.1 Å². The number of nitrogens with zero attached hydrogens (tertiary/aromatic N) is 1. The second-order valence-corrected chi connectivity index (χ2v) is 10.4. The molecule has 162 valence electrons. The molecule has 0 saturated carbocycles. The van der Waals surface area contributed by atoms with Crippen molar-refractivity contribution < 1.29 is 27.5 Å². The summed E-state index contributed by atoms with van der Waals surface area (Å²) in [6.45, 7) is 2.42. The normalized spacial score (nSPS) is 17.1. The molecule has 1 saturated heterocycles. The van der Waals surface area contributed by atoms with Crippen molar-refractivity contribution in [2.75, 3.05) is 32.6 Å². The maximum atomic E-state index is 12.9. The molecule has 1 aromatic carbocycles. The van der Waals surface area contributed by atoms with Crippen molar-refractivity contribution in [3.63, 3.8) is 0 Å². The third-order valence-electron chi connectivity index (χ3n) is 4.46. The van der Waals surface area contributed by atoms with Gasteiger partial charge in [-0.3, -0.25) is 9.59 Å². The lowest BCUT2D eigenvalue weighted by atomic mass is 10.1. The first kappa shape index (κ1) is 23.0. The van der Waals surface area contributed by atoms with Gasteiger partial charge in [-0.15, -0.1) is 11.3 Å². The van der Waals surface area contributed by atoms with Crippen molar-refractivity contribution in [1.29, 1.82) is 0 Å². The Morgan fingerprint density at radius 3 is 2.70 bits per heavy atom. The van der Waals surface area contributed by atoms with E-state index in [0.717, 1.165) is 17.6 Å². The molecule has 0 radical (unpaired) electrons. The number of sulfone groups is 1. The quantitative estimate of drug-likeness (QED) is 0.573. The molecule has 11 heteroatoms. The van der Waals surface area contributed by atoms with Crippen LogP contribution < -0.4 is 4.74 Å². The zero-order valence-corrected chi connectivity index (χ0v) is 19.3. The van der Waals surface area contributed by atoms with E-state index >= 15 is 0 Å². The minimum Gasteiger partial charge on any atom is -0.490 e.